The fourth-order valence-corrected chi connectivity index (χ4v) is 4.14. The molecule has 0 aliphatic heterocycles. The third-order valence-corrected chi connectivity index (χ3v) is 5.73. The van der Waals surface area contributed by atoms with Crippen molar-refractivity contribution in [2.45, 2.75) is 57.5 Å². The van der Waals surface area contributed by atoms with Gasteiger partial charge in [-0.05, 0) is 80.3 Å². The van der Waals surface area contributed by atoms with Crippen LogP contribution in [0.5, 0.6) is 0 Å². The van der Waals surface area contributed by atoms with E-state index in [-0.39, 0.29) is 18.0 Å². The smallest absolute Gasteiger partial charge is 0.309 e. The average molecular weight is 358 g/mol. The number of hydrogen-bond donors (Lipinski definition) is 0. The molecule has 0 heterocycles. The first-order chi connectivity index (χ1) is 13.3. The molecule has 2 aromatic rings. The Morgan fingerprint density at radius 2 is 1.63 bits per heavy atom. The third kappa shape index (κ3) is 4.61. The number of benzene rings is 2. The summed E-state index contributed by atoms with van der Waals surface area (Å²) in [4.78, 5) is 12.6. The molecule has 0 bridgehead atoms. The zero-order chi connectivity index (χ0) is 18.5. The fourth-order valence-electron chi connectivity index (χ4n) is 4.14. The van der Waals surface area contributed by atoms with E-state index in [1.165, 1.54) is 30.4 Å². The highest BCUT2D eigenvalue weighted by Crippen LogP contribution is 2.29. The molecule has 0 saturated heterocycles. The third-order valence-electron chi connectivity index (χ3n) is 5.73. The molecule has 2 heteroatoms. The van der Waals surface area contributed by atoms with Crippen molar-refractivity contribution in [3.63, 3.8) is 0 Å². The van der Waals surface area contributed by atoms with Crippen LogP contribution in [0.2, 0.25) is 0 Å². The molecule has 4 rings (SSSR count). The lowest BCUT2D eigenvalue weighted by Gasteiger charge is -2.27. The number of aryl methyl sites for hydroxylation is 1. The monoisotopic (exact) mass is 358 g/mol. The first kappa shape index (κ1) is 17.9. The van der Waals surface area contributed by atoms with E-state index >= 15 is 0 Å². The molecule has 2 nitrogen and oxygen atoms in total. The summed E-state index contributed by atoms with van der Waals surface area (Å²) >= 11 is 0. The molecule has 0 radical (unpaired) electrons. The van der Waals surface area contributed by atoms with Gasteiger partial charge in [-0.25, -0.2) is 0 Å². The Balaban J connectivity index is 1.40. The summed E-state index contributed by atoms with van der Waals surface area (Å²) in [5.74, 6) is 6.50. The summed E-state index contributed by atoms with van der Waals surface area (Å²) in [6.45, 7) is 0. The van der Waals surface area contributed by atoms with Crippen LogP contribution in [0.25, 0.3) is 0 Å². The van der Waals surface area contributed by atoms with Crippen LogP contribution in [-0.4, -0.2) is 12.1 Å². The van der Waals surface area contributed by atoms with Crippen LogP contribution in [0.4, 0.5) is 0 Å². The normalized spacial score (nSPS) is 19.5. The van der Waals surface area contributed by atoms with Gasteiger partial charge in [-0.1, -0.05) is 42.5 Å². The van der Waals surface area contributed by atoms with E-state index in [2.05, 4.69) is 30.0 Å². The predicted molar refractivity (Wildman–Crippen MR) is 107 cm³/mol. The number of carbonyl (C=O) groups excluding carboxylic acids is 1. The number of hydrogen-bond acceptors (Lipinski definition) is 2. The summed E-state index contributed by atoms with van der Waals surface area (Å²) < 4.78 is 5.80. The van der Waals surface area contributed by atoms with Crippen molar-refractivity contribution in [1.82, 2.24) is 0 Å². The van der Waals surface area contributed by atoms with Gasteiger partial charge in [-0.2, -0.15) is 0 Å². The van der Waals surface area contributed by atoms with E-state index in [4.69, 9.17) is 4.74 Å². The first-order valence-electron chi connectivity index (χ1n) is 10.2. The van der Waals surface area contributed by atoms with Crippen LogP contribution in [0.1, 0.15) is 60.8 Å². The van der Waals surface area contributed by atoms with E-state index in [1.807, 2.05) is 30.3 Å². The van der Waals surface area contributed by atoms with E-state index in [9.17, 15) is 4.79 Å². The molecule has 0 amide bonds. The highest BCUT2D eigenvalue weighted by Gasteiger charge is 2.28. The lowest BCUT2D eigenvalue weighted by Crippen LogP contribution is -2.29. The van der Waals surface area contributed by atoms with Crippen molar-refractivity contribution in [2.75, 3.05) is 0 Å². The number of ether oxygens (including phenoxy) is 1. The van der Waals surface area contributed by atoms with E-state index in [1.54, 1.807) is 0 Å². The van der Waals surface area contributed by atoms with Crippen LogP contribution >= 0.6 is 0 Å². The Labute approximate surface area is 161 Å². The van der Waals surface area contributed by atoms with Gasteiger partial charge in [0.05, 0.1) is 5.92 Å². The molecule has 27 heavy (non-hydrogen) atoms. The lowest BCUT2D eigenvalue weighted by atomic mass is 9.83. The van der Waals surface area contributed by atoms with Crippen molar-refractivity contribution in [1.29, 1.82) is 0 Å². The topological polar surface area (TPSA) is 26.3 Å². The minimum atomic E-state index is 0.0143. The van der Waals surface area contributed by atoms with Crippen LogP contribution in [0.3, 0.4) is 0 Å². The van der Waals surface area contributed by atoms with Crippen molar-refractivity contribution < 1.29 is 9.53 Å². The molecule has 1 unspecified atom stereocenters. The summed E-state index contributed by atoms with van der Waals surface area (Å²) in [6.07, 6.45) is 8.51. The predicted octanol–water partition coefficient (Wildman–Crippen LogP) is 5.07. The molecular weight excluding hydrogens is 332 g/mol. The second-order valence-corrected chi connectivity index (χ2v) is 7.74. The van der Waals surface area contributed by atoms with Crippen molar-refractivity contribution in [3.8, 4) is 11.8 Å². The Bertz CT molecular complexity index is 851. The van der Waals surface area contributed by atoms with Gasteiger partial charge in [0.25, 0.3) is 0 Å². The van der Waals surface area contributed by atoms with Crippen LogP contribution in [-0.2, 0) is 22.4 Å². The molecule has 1 saturated carbocycles. The van der Waals surface area contributed by atoms with Crippen LogP contribution in [0.15, 0.2) is 48.5 Å². The largest absolute Gasteiger partial charge is 0.462 e. The number of fused-ring (bicyclic) bond motifs is 1. The zero-order valence-electron chi connectivity index (χ0n) is 15.7. The van der Waals surface area contributed by atoms with Gasteiger partial charge in [-0.15, -0.1) is 0 Å². The number of carbonyl (C=O) groups is 1. The molecule has 2 aliphatic rings. The number of esters is 1. The summed E-state index contributed by atoms with van der Waals surface area (Å²) in [5, 5.41) is 0. The Kier molecular flexibility index (Phi) is 5.58. The lowest BCUT2D eigenvalue weighted by molar-refractivity contribution is -0.156. The maximum atomic E-state index is 12.6. The van der Waals surface area contributed by atoms with Crippen LogP contribution in [0, 0.1) is 17.8 Å². The minimum Gasteiger partial charge on any atom is -0.462 e. The van der Waals surface area contributed by atoms with Gasteiger partial charge in [-0.3, -0.25) is 4.79 Å². The van der Waals surface area contributed by atoms with E-state index in [0.717, 1.165) is 43.2 Å². The Morgan fingerprint density at radius 1 is 0.852 bits per heavy atom. The Hall–Kier alpha value is -2.53. The molecule has 1 atom stereocenters. The molecule has 2 aliphatic carbocycles. The highest BCUT2D eigenvalue weighted by atomic mass is 16.5. The molecular formula is C25H26O2. The van der Waals surface area contributed by atoms with E-state index in [0.29, 0.717) is 0 Å². The number of rotatable bonds is 2. The maximum Gasteiger partial charge on any atom is 0.309 e. The quantitative estimate of drug-likeness (QED) is 0.553. The van der Waals surface area contributed by atoms with Gasteiger partial charge in [0.2, 0.25) is 0 Å². The van der Waals surface area contributed by atoms with Crippen molar-refractivity contribution in [3.05, 3.63) is 70.8 Å². The molecule has 2 aromatic carbocycles. The Morgan fingerprint density at radius 3 is 2.44 bits per heavy atom. The molecule has 138 valence electrons. The van der Waals surface area contributed by atoms with Gasteiger partial charge in [0, 0.05) is 11.1 Å². The molecule has 1 fully saturated rings. The van der Waals surface area contributed by atoms with Crippen molar-refractivity contribution in [2.24, 2.45) is 5.92 Å². The average Bonchev–Trinajstić information content (AvgIpc) is 2.73. The molecule has 0 aromatic heterocycles. The zero-order valence-corrected chi connectivity index (χ0v) is 15.7. The SMILES string of the molecule is O=C(OC1CCCCC1)C1CCc2cc(C#Cc3ccccc3)ccc2C1. The minimum absolute atomic E-state index is 0.0143. The summed E-state index contributed by atoms with van der Waals surface area (Å²) in [5.41, 5.74) is 4.68. The van der Waals surface area contributed by atoms with Gasteiger partial charge >= 0.3 is 5.97 Å². The van der Waals surface area contributed by atoms with Crippen molar-refractivity contribution >= 4 is 5.97 Å². The summed E-state index contributed by atoms with van der Waals surface area (Å²) in [7, 11) is 0. The summed E-state index contributed by atoms with van der Waals surface area (Å²) in [6, 6.07) is 16.5. The highest BCUT2D eigenvalue weighted by molar-refractivity contribution is 5.73. The van der Waals surface area contributed by atoms with Gasteiger partial charge in [0.15, 0.2) is 0 Å². The van der Waals surface area contributed by atoms with Gasteiger partial charge < -0.3 is 4.74 Å². The van der Waals surface area contributed by atoms with Crippen LogP contribution < -0.4 is 0 Å². The maximum absolute atomic E-state index is 12.6. The first-order valence-corrected chi connectivity index (χ1v) is 10.2. The van der Waals surface area contributed by atoms with Gasteiger partial charge in [0.1, 0.15) is 6.10 Å². The second kappa shape index (κ2) is 8.44. The molecule has 0 spiro atoms. The fraction of sp³-hybridized carbons (Fsp3) is 0.400. The molecule has 0 N–H and O–H groups in total. The van der Waals surface area contributed by atoms with E-state index < -0.39 is 0 Å². The second-order valence-electron chi connectivity index (χ2n) is 7.74. The standard InChI is InChI=1S/C25H26O2/c26-25(27-24-9-5-2-6-10-24)23-16-15-21-17-20(13-14-22(21)18-23)12-11-19-7-3-1-4-8-19/h1,3-4,7-8,13-14,17,23-24H,2,5-6,9-10,15-16,18H2.